The summed E-state index contributed by atoms with van der Waals surface area (Å²) in [7, 11) is 0. The third-order valence-electron chi connectivity index (χ3n) is 2.24. The molecule has 1 N–H and O–H groups in total. The van der Waals surface area contributed by atoms with Crippen LogP contribution in [0.15, 0.2) is 27.1 Å². The number of carbonyl (C=O) groups is 1. The van der Waals surface area contributed by atoms with Crippen molar-refractivity contribution in [1.29, 1.82) is 0 Å². The SMILES string of the molecule is CCOC(OCC)C(=O)NCc1cc(Br)cc(Br)c1. The van der Waals surface area contributed by atoms with Gasteiger partial charge in [0.15, 0.2) is 0 Å². The summed E-state index contributed by atoms with van der Waals surface area (Å²) in [5.74, 6) is -0.264. The fourth-order valence-corrected chi connectivity index (χ4v) is 2.88. The molecule has 1 aromatic rings. The molecule has 0 aliphatic heterocycles. The molecular formula is C13H17Br2NO3. The van der Waals surface area contributed by atoms with E-state index in [4.69, 9.17) is 9.47 Å². The van der Waals surface area contributed by atoms with E-state index in [-0.39, 0.29) is 5.91 Å². The minimum Gasteiger partial charge on any atom is -0.348 e. The standard InChI is InChI=1S/C13H17Br2NO3/c1-3-18-13(19-4-2)12(17)16-8-9-5-10(14)7-11(15)6-9/h5-7,13H,3-4,8H2,1-2H3,(H,16,17). The number of benzene rings is 1. The number of hydrogen-bond acceptors (Lipinski definition) is 3. The Bertz CT molecular complexity index is 400. The first-order valence-electron chi connectivity index (χ1n) is 6.02. The highest BCUT2D eigenvalue weighted by atomic mass is 79.9. The molecular weight excluding hydrogens is 378 g/mol. The normalized spacial score (nSPS) is 10.8. The van der Waals surface area contributed by atoms with Crippen molar-refractivity contribution in [3.8, 4) is 0 Å². The van der Waals surface area contributed by atoms with Gasteiger partial charge in [-0.3, -0.25) is 4.79 Å². The molecule has 0 heterocycles. The van der Waals surface area contributed by atoms with E-state index in [1.807, 2.05) is 32.0 Å². The van der Waals surface area contributed by atoms with Gasteiger partial charge in [0.1, 0.15) is 0 Å². The molecule has 0 aromatic heterocycles. The van der Waals surface area contributed by atoms with E-state index in [0.717, 1.165) is 14.5 Å². The van der Waals surface area contributed by atoms with Crippen LogP contribution in [-0.2, 0) is 20.8 Å². The molecule has 0 unspecified atom stereocenters. The van der Waals surface area contributed by atoms with Crippen molar-refractivity contribution in [2.24, 2.45) is 0 Å². The Hall–Kier alpha value is -0.430. The van der Waals surface area contributed by atoms with Gasteiger partial charge < -0.3 is 14.8 Å². The van der Waals surface area contributed by atoms with Crippen LogP contribution in [0, 0.1) is 0 Å². The monoisotopic (exact) mass is 393 g/mol. The lowest BCUT2D eigenvalue weighted by atomic mass is 10.2. The van der Waals surface area contributed by atoms with E-state index < -0.39 is 6.29 Å². The van der Waals surface area contributed by atoms with Crippen molar-refractivity contribution < 1.29 is 14.3 Å². The van der Waals surface area contributed by atoms with Crippen LogP contribution in [0.4, 0.5) is 0 Å². The summed E-state index contributed by atoms with van der Waals surface area (Å²) >= 11 is 6.81. The van der Waals surface area contributed by atoms with Gasteiger partial charge in [-0.2, -0.15) is 0 Å². The summed E-state index contributed by atoms with van der Waals surface area (Å²) in [5, 5.41) is 2.79. The van der Waals surface area contributed by atoms with Crippen molar-refractivity contribution >= 4 is 37.8 Å². The molecule has 0 fully saturated rings. The maximum atomic E-state index is 11.9. The molecule has 0 saturated carbocycles. The average Bonchev–Trinajstić information content (AvgIpc) is 2.34. The lowest BCUT2D eigenvalue weighted by Gasteiger charge is -2.16. The molecule has 4 nitrogen and oxygen atoms in total. The Balaban J connectivity index is 2.56. The minimum atomic E-state index is -0.842. The van der Waals surface area contributed by atoms with Gasteiger partial charge >= 0.3 is 0 Å². The zero-order valence-corrected chi connectivity index (χ0v) is 14.1. The fourth-order valence-electron chi connectivity index (χ4n) is 1.49. The smallest absolute Gasteiger partial charge is 0.277 e. The van der Waals surface area contributed by atoms with E-state index in [0.29, 0.717) is 19.8 Å². The van der Waals surface area contributed by atoms with Crippen molar-refractivity contribution in [2.75, 3.05) is 13.2 Å². The third-order valence-corrected chi connectivity index (χ3v) is 3.15. The molecule has 0 aliphatic rings. The second-order valence-corrected chi connectivity index (χ2v) is 5.57. The number of hydrogen-bond donors (Lipinski definition) is 1. The van der Waals surface area contributed by atoms with E-state index in [9.17, 15) is 4.79 Å². The van der Waals surface area contributed by atoms with Crippen LogP contribution < -0.4 is 5.32 Å². The largest absolute Gasteiger partial charge is 0.348 e. The number of ether oxygens (including phenoxy) is 2. The van der Waals surface area contributed by atoms with Gasteiger partial charge in [0.05, 0.1) is 0 Å². The van der Waals surface area contributed by atoms with Crippen LogP contribution in [0.3, 0.4) is 0 Å². The zero-order chi connectivity index (χ0) is 14.3. The maximum absolute atomic E-state index is 11.9. The molecule has 1 rings (SSSR count). The third kappa shape index (κ3) is 6.03. The number of carbonyl (C=O) groups excluding carboxylic acids is 1. The quantitative estimate of drug-likeness (QED) is 0.722. The Morgan fingerprint density at radius 2 is 1.68 bits per heavy atom. The Kier molecular flexibility index (Phi) is 7.60. The van der Waals surface area contributed by atoms with E-state index >= 15 is 0 Å². The highest BCUT2D eigenvalue weighted by Gasteiger charge is 2.18. The lowest BCUT2D eigenvalue weighted by Crippen LogP contribution is -2.38. The van der Waals surface area contributed by atoms with Gasteiger partial charge in [0.2, 0.25) is 6.29 Å². The van der Waals surface area contributed by atoms with Gasteiger partial charge in [0, 0.05) is 28.7 Å². The van der Waals surface area contributed by atoms with E-state index in [1.54, 1.807) is 0 Å². The predicted octanol–water partition coefficient (Wildman–Crippen LogP) is 3.23. The van der Waals surface area contributed by atoms with Gasteiger partial charge in [-0.1, -0.05) is 31.9 Å². The Labute approximate surface area is 130 Å². The van der Waals surface area contributed by atoms with Crippen LogP contribution in [0.5, 0.6) is 0 Å². The summed E-state index contributed by atoms with van der Waals surface area (Å²) in [4.78, 5) is 11.9. The first-order valence-corrected chi connectivity index (χ1v) is 7.61. The van der Waals surface area contributed by atoms with Crippen molar-refractivity contribution in [1.82, 2.24) is 5.32 Å². The first kappa shape index (κ1) is 16.6. The zero-order valence-electron chi connectivity index (χ0n) is 10.9. The van der Waals surface area contributed by atoms with Gasteiger partial charge in [-0.15, -0.1) is 0 Å². The summed E-state index contributed by atoms with van der Waals surface area (Å²) in [6.07, 6.45) is -0.842. The first-order chi connectivity index (χ1) is 9.06. The summed E-state index contributed by atoms with van der Waals surface area (Å²) in [5.41, 5.74) is 0.987. The summed E-state index contributed by atoms with van der Waals surface area (Å²) < 4.78 is 12.4. The summed E-state index contributed by atoms with van der Waals surface area (Å²) in [6, 6.07) is 5.83. The molecule has 106 valence electrons. The Morgan fingerprint density at radius 3 is 2.16 bits per heavy atom. The second kappa shape index (κ2) is 8.68. The fraction of sp³-hybridized carbons (Fsp3) is 0.462. The van der Waals surface area contributed by atoms with Crippen molar-refractivity contribution in [3.05, 3.63) is 32.7 Å². The van der Waals surface area contributed by atoms with E-state index in [2.05, 4.69) is 37.2 Å². The number of nitrogens with one attached hydrogen (secondary N) is 1. The van der Waals surface area contributed by atoms with Crippen molar-refractivity contribution in [3.63, 3.8) is 0 Å². The predicted molar refractivity (Wildman–Crippen MR) is 80.7 cm³/mol. The average molecular weight is 395 g/mol. The molecule has 0 saturated heterocycles. The molecule has 6 heteroatoms. The Morgan fingerprint density at radius 1 is 1.16 bits per heavy atom. The number of amides is 1. The highest BCUT2D eigenvalue weighted by molar-refractivity contribution is 9.11. The van der Waals surface area contributed by atoms with Crippen LogP contribution in [-0.4, -0.2) is 25.4 Å². The number of halogens is 2. The maximum Gasteiger partial charge on any atom is 0.277 e. The molecule has 0 bridgehead atoms. The van der Waals surface area contributed by atoms with Gasteiger partial charge in [-0.25, -0.2) is 0 Å². The molecule has 19 heavy (non-hydrogen) atoms. The lowest BCUT2D eigenvalue weighted by molar-refractivity contribution is -0.170. The molecule has 0 aliphatic carbocycles. The molecule has 1 amide bonds. The second-order valence-electron chi connectivity index (χ2n) is 3.74. The molecule has 0 spiro atoms. The topological polar surface area (TPSA) is 47.6 Å². The summed E-state index contributed by atoms with van der Waals surface area (Å²) in [6.45, 7) is 4.93. The van der Waals surface area contributed by atoms with Crippen LogP contribution in [0.2, 0.25) is 0 Å². The van der Waals surface area contributed by atoms with Gasteiger partial charge in [-0.05, 0) is 37.6 Å². The molecule has 0 radical (unpaired) electrons. The molecule has 1 aromatic carbocycles. The van der Waals surface area contributed by atoms with Gasteiger partial charge in [0.25, 0.3) is 5.91 Å². The number of rotatable bonds is 7. The van der Waals surface area contributed by atoms with E-state index in [1.165, 1.54) is 0 Å². The van der Waals surface area contributed by atoms with Crippen molar-refractivity contribution in [2.45, 2.75) is 26.7 Å². The highest BCUT2D eigenvalue weighted by Crippen LogP contribution is 2.19. The minimum absolute atomic E-state index is 0.264. The van der Waals surface area contributed by atoms with Crippen LogP contribution >= 0.6 is 31.9 Å². The van der Waals surface area contributed by atoms with Crippen LogP contribution in [0.1, 0.15) is 19.4 Å². The van der Waals surface area contributed by atoms with Crippen LogP contribution in [0.25, 0.3) is 0 Å². The molecule has 0 atom stereocenters.